The van der Waals surface area contributed by atoms with Gasteiger partial charge < -0.3 is 9.30 Å². The van der Waals surface area contributed by atoms with Crippen LogP contribution in [0.15, 0.2) is 64.2 Å². The van der Waals surface area contributed by atoms with Crippen molar-refractivity contribution in [3.8, 4) is 11.4 Å². The molecule has 29 heavy (non-hydrogen) atoms. The van der Waals surface area contributed by atoms with E-state index in [1.165, 1.54) is 0 Å². The van der Waals surface area contributed by atoms with Gasteiger partial charge in [0.2, 0.25) is 5.91 Å². The number of ether oxygens (including phenoxy) is 1. The lowest BCUT2D eigenvalue weighted by Gasteiger charge is -2.10. The summed E-state index contributed by atoms with van der Waals surface area (Å²) in [6.07, 6.45) is 1.97. The van der Waals surface area contributed by atoms with Crippen molar-refractivity contribution in [3.05, 3.63) is 81.6 Å². The standard InChI is InChI=1S/C23H24BrN3O2/c1-4-29-22-11-9-21(10-12-22)27-16(2)13-19(17(27)3)15-25-26-23(28)14-18-5-7-20(24)8-6-18/h5-13,15H,4,14H2,1-3H3,(H,26,28)/b25-15+. The van der Waals surface area contributed by atoms with Gasteiger partial charge in [-0.2, -0.15) is 5.10 Å². The van der Waals surface area contributed by atoms with Crippen LogP contribution in [-0.4, -0.2) is 23.3 Å². The van der Waals surface area contributed by atoms with Gasteiger partial charge in [0.15, 0.2) is 0 Å². The Morgan fingerprint density at radius 2 is 1.83 bits per heavy atom. The molecule has 0 unspecified atom stereocenters. The molecule has 0 saturated carbocycles. The number of hydrogen-bond acceptors (Lipinski definition) is 3. The second-order valence-electron chi connectivity index (χ2n) is 6.69. The van der Waals surface area contributed by atoms with Crippen LogP contribution in [0.3, 0.4) is 0 Å². The molecule has 1 heterocycles. The van der Waals surface area contributed by atoms with Crippen LogP contribution in [0.2, 0.25) is 0 Å². The van der Waals surface area contributed by atoms with Crippen molar-refractivity contribution < 1.29 is 9.53 Å². The van der Waals surface area contributed by atoms with E-state index in [1.807, 2.05) is 69.3 Å². The largest absolute Gasteiger partial charge is 0.494 e. The normalized spacial score (nSPS) is 11.0. The van der Waals surface area contributed by atoms with E-state index in [1.54, 1.807) is 6.21 Å². The summed E-state index contributed by atoms with van der Waals surface area (Å²) in [5.74, 6) is 0.706. The summed E-state index contributed by atoms with van der Waals surface area (Å²) in [7, 11) is 0. The van der Waals surface area contributed by atoms with Crippen LogP contribution in [0.5, 0.6) is 5.75 Å². The maximum Gasteiger partial charge on any atom is 0.244 e. The first-order valence-corrected chi connectivity index (χ1v) is 10.3. The van der Waals surface area contributed by atoms with Crippen LogP contribution in [-0.2, 0) is 11.2 Å². The second kappa shape index (κ2) is 9.56. The molecule has 0 saturated heterocycles. The summed E-state index contributed by atoms with van der Waals surface area (Å²) in [4.78, 5) is 12.1. The highest BCUT2D eigenvalue weighted by Gasteiger charge is 2.10. The maximum absolute atomic E-state index is 12.1. The van der Waals surface area contributed by atoms with E-state index in [4.69, 9.17) is 4.74 Å². The molecule has 0 spiro atoms. The molecular formula is C23H24BrN3O2. The molecule has 0 aliphatic rings. The van der Waals surface area contributed by atoms with Gasteiger partial charge in [0.1, 0.15) is 5.75 Å². The van der Waals surface area contributed by atoms with Crippen molar-refractivity contribution in [2.24, 2.45) is 5.10 Å². The predicted molar refractivity (Wildman–Crippen MR) is 120 cm³/mol. The van der Waals surface area contributed by atoms with Gasteiger partial charge in [-0.15, -0.1) is 0 Å². The van der Waals surface area contributed by atoms with E-state index in [2.05, 4.69) is 37.1 Å². The number of aryl methyl sites for hydroxylation is 1. The molecule has 1 amide bonds. The third-order valence-electron chi connectivity index (χ3n) is 4.55. The van der Waals surface area contributed by atoms with E-state index < -0.39 is 0 Å². The Labute approximate surface area is 179 Å². The molecule has 0 bridgehead atoms. The van der Waals surface area contributed by atoms with Crippen molar-refractivity contribution in [3.63, 3.8) is 0 Å². The number of aromatic nitrogens is 1. The lowest BCUT2D eigenvalue weighted by atomic mass is 10.1. The molecule has 2 aromatic carbocycles. The Morgan fingerprint density at radius 1 is 1.14 bits per heavy atom. The number of hydrogen-bond donors (Lipinski definition) is 1. The van der Waals surface area contributed by atoms with Gasteiger partial charge in [-0.1, -0.05) is 28.1 Å². The fourth-order valence-corrected chi connectivity index (χ4v) is 3.44. The second-order valence-corrected chi connectivity index (χ2v) is 7.60. The summed E-state index contributed by atoms with van der Waals surface area (Å²) >= 11 is 3.39. The Kier molecular flexibility index (Phi) is 6.88. The molecule has 3 aromatic rings. The number of nitrogens with zero attached hydrogens (tertiary/aromatic N) is 2. The van der Waals surface area contributed by atoms with Gasteiger partial charge in [0.25, 0.3) is 0 Å². The lowest BCUT2D eigenvalue weighted by Crippen LogP contribution is -2.19. The highest BCUT2D eigenvalue weighted by Crippen LogP contribution is 2.22. The zero-order valence-electron chi connectivity index (χ0n) is 16.8. The summed E-state index contributed by atoms with van der Waals surface area (Å²) in [6.45, 7) is 6.70. The number of nitrogens with one attached hydrogen (secondary N) is 1. The molecule has 1 N–H and O–H groups in total. The van der Waals surface area contributed by atoms with Crippen LogP contribution < -0.4 is 10.2 Å². The van der Waals surface area contributed by atoms with Crippen LogP contribution >= 0.6 is 15.9 Å². The predicted octanol–water partition coefficient (Wildman–Crippen LogP) is 4.95. The van der Waals surface area contributed by atoms with Crippen molar-refractivity contribution in [1.82, 2.24) is 9.99 Å². The summed E-state index contributed by atoms with van der Waals surface area (Å²) in [6, 6.07) is 17.7. The highest BCUT2D eigenvalue weighted by atomic mass is 79.9. The smallest absolute Gasteiger partial charge is 0.244 e. The van der Waals surface area contributed by atoms with Crippen LogP contribution in [0.4, 0.5) is 0 Å². The summed E-state index contributed by atoms with van der Waals surface area (Å²) < 4.78 is 8.66. The average molecular weight is 454 g/mol. The minimum absolute atomic E-state index is 0.149. The molecule has 6 heteroatoms. The Bertz CT molecular complexity index is 1010. The monoisotopic (exact) mass is 453 g/mol. The molecule has 1 aromatic heterocycles. The maximum atomic E-state index is 12.1. The molecule has 5 nitrogen and oxygen atoms in total. The first-order chi connectivity index (χ1) is 14.0. The zero-order valence-corrected chi connectivity index (χ0v) is 18.4. The fourth-order valence-electron chi connectivity index (χ4n) is 3.17. The molecule has 0 aliphatic heterocycles. The van der Waals surface area contributed by atoms with Crippen molar-refractivity contribution in [1.29, 1.82) is 0 Å². The lowest BCUT2D eigenvalue weighted by molar-refractivity contribution is -0.120. The first kappa shape index (κ1) is 20.9. The van der Waals surface area contributed by atoms with E-state index in [9.17, 15) is 4.79 Å². The SMILES string of the molecule is CCOc1ccc(-n2c(C)cc(/C=N/NC(=O)Cc3ccc(Br)cc3)c2C)cc1. The third-order valence-corrected chi connectivity index (χ3v) is 5.08. The number of amides is 1. The molecule has 150 valence electrons. The van der Waals surface area contributed by atoms with Crippen LogP contribution in [0.1, 0.15) is 29.4 Å². The van der Waals surface area contributed by atoms with Crippen molar-refractivity contribution in [2.45, 2.75) is 27.2 Å². The minimum Gasteiger partial charge on any atom is -0.494 e. The van der Waals surface area contributed by atoms with E-state index in [0.29, 0.717) is 6.61 Å². The molecule has 0 aliphatic carbocycles. The molecule has 0 atom stereocenters. The van der Waals surface area contributed by atoms with E-state index >= 15 is 0 Å². The van der Waals surface area contributed by atoms with Gasteiger partial charge in [0, 0.05) is 27.1 Å². The number of benzene rings is 2. The van der Waals surface area contributed by atoms with Gasteiger partial charge in [0.05, 0.1) is 19.2 Å². The van der Waals surface area contributed by atoms with Crippen molar-refractivity contribution in [2.75, 3.05) is 6.61 Å². The number of carbonyl (C=O) groups is 1. The Morgan fingerprint density at radius 3 is 2.48 bits per heavy atom. The number of carbonyl (C=O) groups excluding carboxylic acids is 1. The van der Waals surface area contributed by atoms with Gasteiger partial charge in [-0.25, -0.2) is 5.43 Å². The topological polar surface area (TPSA) is 55.6 Å². The third kappa shape index (κ3) is 5.35. The zero-order chi connectivity index (χ0) is 20.8. The van der Waals surface area contributed by atoms with Gasteiger partial charge >= 0.3 is 0 Å². The quantitative estimate of drug-likeness (QED) is 0.406. The average Bonchev–Trinajstić information content (AvgIpc) is 2.98. The molecule has 3 rings (SSSR count). The van der Waals surface area contributed by atoms with Gasteiger partial charge in [-0.05, 0) is 68.8 Å². The Hall–Kier alpha value is -2.86. The number of halogens is 1. The Balaban J connectivity index is 1.67. The van der Waals surface area contributed by atoms with E-state index in [-0.39, 0.29) is 12.3 Å². The summed E-state index contributed by atoms with van der Waals surface area (Å²) in [5.41, 5.74) is 7.71. The minimum atomic E-state index is -0.149. The van der Waals surface area contributed by atoms with Crippen LogP contribution in [0.25, 0.3) is 5.69 Å². The van der Waals surface area contributed by atoms with Crippen molar-refractivity contribution >= 4 is 28.1 Å². The highest BCUT2D eigenvalue weighted by molar-refractivity contribution is 9.10. The van der Waals surface area contributed by atoms with E-state index in [0.717, 1.165) is 38.4 Å². The molecular weight excluding hydrogens is 430 g/mol. The number of hydrazone groups is 1. The molecule has 0 fully saturated rings. The number of rotatable bonds is 7. The first-order valence-electron chi connectivity index (χ1n) is 9.46. The summed E-state index contributed by atoms with van der Waals surface area (Å²) in [5, 5.41) is 4.14. The molecule has 0 radical (unpaired) electrons. The fraction of sp³-hybridized carbons (Fsp3) is 0.217. The van der Waals surface area contributed by atoms with Crippen LogP contribution in [0, 0.1) is 13.8 Å². The van der Waals surface area contributed by atoms with Gasteiger partial charge in [-0.3, -0.25) is 4.79 Å².